The zero-order chi connectivity index (χ0) is 12.5. The summed E-state index contributed by atoms with van der Waals surface area (Å²) < 4.78 is 0. The Morgan fingerprint density at radius 1 is 1.41 bits per heavy atom. The van der Waals surface area contributed by atoms with E-state index in [0.717, 1.165) is 5.56 Å². The maximum atomic E-state index is 11.2. The minimum Gasteiger partial charge on any atom is -0.337 e. The topological polar surface area (TPSA) is 64.9 Å². The third-order valence-corrected chi connectivity index (χ3v) is 2.13. The number of urea groups is 1. The van der Waals surface area contributed by atoms with Gasteiger partial charge in [-0.25, -0.2) is 4.79 Å². The van der Waals surface area contributed by atoms with Crippen molar-refractivity contribution in [2.75, 3.05) is 6.54 Å². The number of carbonyl (C=O) groups is 1. The predicted octanol–water partition coefficient (Wildman–Crippen LogP) is 2.52. The number of amides is 2. The summed E-state index contributed by atoms with van der Waals surface area (Å²) >= 11 is 5.74. The molecular formula is C12H12ClN3O. The maximum Gasteiger partial charge on any atom is 0.318 e. The summed E-state index contributed by atoms with van der Waals surface area (Å²) in [6.07, 6.45) is 3.58. The second-order valence-electron chi connectivity index (χ2n) is 3.19. The van der Waals surface area contributed by atoms with Crippen LogP contribution in [0.25, 0.3) is 6.08 Å². The molecule has 0 saturated carbocycles. The van der Waals surface area contributed by atoms with Gasteiger partial charge in [0.25, 0.3) is 0 Å². The fourth-order valence-electron chi connectivity index (χ4n) is 1.07. The standard InChI is InChI=1S/C12H12ClN3O/c13-11-4-2-10(3-5-11)6-9-16-12(17)15-8-1-7-14/h2-6,9H,1,8H2,(H2,15,16,17)/b9-6+. The monoisotopic (exact) mass is 249 g/mol. The van der Waals surface area contributed by atoms with Gasteiger partial charge in [-0.2, -0.15) is 5.26 Å². The lowest BCUT2D eigenvalue weighted by atomic mass is 10.2. The normalized spacial score (nSPS) is 9.88. The molecule has 0 fully saturated rings. The van der Waals surface area contributed by atoms with E-state index in [4.69, 9.17) is 16.9 Å². The first-order valence-electron chi connectivity index (χ1n) is 5.06. The van der Waals surface area contributed by atoms with Crippen LogP contribution in [0.3, 0.4) is 0 Å². The average Bonchev–Trinajstić information content (AvgIpc) is 2.32. The predicted molar refractivity (Wildman–Crippen MR) is 67.3 cm³/mol. The van der Waals surface area contributed by atoms with Crippen LogP contribution in [0.1, 0.15) is 12.0 Å². The molecule has 2 N–H and O–H groups in total. The van der Waals surface area contributed by atoms with Crippen LogP contribution in [-0.2, 0) is 0 Å². The smallest absolute Gasteiger partial charge is 0.318 e. The van der Waals surface area contributed by atoms with Crippen LogP contribution in [0.2, 0.25) is 5.02 Å². The molecule has 1 aromatic rings. The fourth-order valence-corrected chi connectivity index (χ4v) is 1.20. The highest BCUT2D eigenvalue weighted by molar-refractivity contribution is 6.30. The van der Waals surface area contributed by atoms with Gasteiger partial charge < -0.3 is 10.6 Å². The summed E-state index contributed by atoms with van der Waals surface area (Å²) in [5, 5.41) is 14.0. The minimum absolute atomic E-state index is 0.300. The molecule has 88 valence electrons. The number of nitrogens with one attached hydrogen (secondary N) is 2. The number of nitriles is 1. The molecule has 1 rings (SSSR count). The SMILES string of the molecule is N#CCCNC(=O)N/C=C/c1ccc(Cl)cc1. The number of rotatable bonds is 4. The van der Waals surface area contributed by atoms with E-state index >= 15 is 0 Å². The Bertz CT molecular complexity index is 434. The van der Waals surface area contributed by atoms with Gasteiger partial charge in [0.2, 0.25) is 0 Å². The molecule has 0 aliphatic carbocycles. The van der Waals surface area contributed by atoms with Crippen molar-refractivity contribution in [2.45, 2.75) is 6.42 Å². The number of nitrogens with zero attached hydrogens (tertiary/aromatic N) is 1. The molecule has 0 heterocycles. The quantitative estimate of drug-likeness (QED) is 0.806. The molecule has 17 heavy (non-hydrogen) atoms. The van der Waals surface area contributed by atoms with Crippen molar-refractivity contribution in [1.29, 1.82) is 5.26 Å². The van der Waals surface area contributed by atoms with Crippen molar-refractivity contribution < 1.29 is 4.79 Å². The van der Waals surface area contributed by atoms with E-state index in [1.165, 1.54) is 6.20 Å². The third kappa shape index (κ3) is 5.59. The first-order valence-corrected chi connectivity index (χ1v) is 5.43. The summed E-state index contributed by atoms with van der Waals surface area (Å²) in [7, 11) is 0. The molecule has 0 aromatic heterocycles. The van der Waals surface area contributed by atoms with Gasteiger partial charge in [-0.3, -0.25) is 0 Å². The van der Waals surface area contributed by atoms with E-state index in [2.05, 4.69) is 10.6 Å². The van der Waals surface area contributed by atoms with Crippen LogP contribution in [0.4, 0.5) is 4.79 Å². The lowest BCUT2D eigenvalue weighted by Crippen LogP contribution is -2.32. The molecule has 4 nitrogen and oxygen atoms in total. The lowest BCUT2D eigenvalue weighted by Gasteiger charge is -2.00. The molecular weight excluding hydrogens is 238 g/mol. The molecule has 0 unspecified atom stereocenters. The molecule has 0 bridgehead atoms. The van der Waals surface area contributed by atoms with Gasteiger partial charge in [-0.15, -0.1) is 0 Å². The Morgan fingerprint density at radius 3 is 2.76 bits per heavy atom. The highest BCUT2D eigenvalue weighted by atomic mass is 35.5. The third-order valence-electron chi connectivity index (χ3n) is 1.88. The van der Waals surface area contributed by atoms with Crippen molar-refractivity contribution in [3.63, 3.8) is 0 Å². The van der Waals surface area contributed by atoms with Crippen LogP contribution >= 0.6 is 11.6 Å². The highest BCUT2D eigenvalue weighted by Crippen LogP contribution is 2.10. The van der Waals surface area contributed by atoms with Gasteiger partial charge >= 0.3 is 6.03 Å². The van der Waals surface area contributed by atoms with Crippen LogP contribution in [0.15, 0.2) is 30.5 Å². The van der Waals surface area contributed by atoms with Crippen LogP contribution in [0.5, 0.6) is 0 Å². The van der Waals surface area contributed by atoms with Gasteiger partial charge in [0.1, 0.15) is 0 Å². The molecule has 0 spiro atoms. The molecule has 1 aromatic carbocycles. The average molecular weight is 250 g/mol. The van der Waals surface area contributed by atoms with E-state index in [9.17, 15) is 4.79 Å². The first-order chi connectivity index (χ1) is 8.22. The minimum atomic E-state index is -0.328. The van der Waals surface area contributed by atoms with Crippen molar-refractivity contribution in [3.05, 3.63) is 41.1 Å². The van der Waals surface area contributed by atoms with Crippen LogP contribution in [-0.4, -0.2) is 12.6 Å². The largest absolute Gasteiger partial charge is 0.337 e. The van der Waals surface area contributed by atoms with Gasteiger partial charge in [0.15, 0.2) is 0 Å². The second kappa shape index (κ2) is 7.31. The first kappa shape index (κ1) is 13.1. The Kier molecular flexibility index (Phi) is 5.62. The van der Waals surface area contributed by atoms with Gasteiger partial charge in [0, 0.05) is 17.8 Å². The number of hydrogen-bond acceptors (Lipinski definition) is 2. The van der Waals surface area contributed by atoms with Crippen LogP contribution < -0.4 is 10.6 Å². The van der Waals surface area contributed by atoms with E-state index in [1.807, 2.05) is 18.2 Å². The van der Waals surface area contributed by atoms with Crippen molar-refractivity contribution in [1.82, 2.24) is 10.6 Å². The Morgan fingerprint density at radius 2 is 2.12 bits per heavy atom. The summed E-state index contributed by atoms with van der Waals surface area (Å²) in [4.78, 5) is 11.2. The summed E-state index contributed by atoms with van der Waals surface area (Å²) in [6, 6.07) is 8.84. The number of hydrogen-bond donors (Lipinski definition) is 2. The van der Waals surface area contributed by atoms with Crippen molar-refractivity contribution in [3.8, 4) is 6.07 Å². The molecule has 0 aliphatic rings. The van der Waals surface area contributed by atoms with E-state index < -0.39 is 0 Å². The fraction of sp³-hybridized carbons (Fsp3) is 0.167. The number of benzene rings is 1. The zero-order valence-electron chi connectivity index (χ0n) is 9.11. The van der Waals surface area contributed by atoms with Gasteiger partial charge in [-0.05, 0) is 23.8 Å². The second-order valence-corrected chi connectivity index (χ2v) is 3.63. The number of carbonyl (C=O) groups excluding carboxylic acids is 1. The maximum absolute atomic E-state index is 11.2. The molecule has 0 atom stereocenters. The molecule has 5 heteroatoms. The van der Waals surface area contributed by atoms with E-state index in [1.54, 1.807) is 18.2 Å². The molecule has 0 radical (unpaired) electrons. The van der Waals surface area contributed by atoms with E-state index in [0.29, 0.717) is 18.0 Å². The summed E-state index contributed by atoms with van der Waals surface area (Å²) in [6.45, 7) is 0.344. The molecule has 0 saturated heterocycles. The van der Waals surface area contributed by atoms with Gasteiger partial charge in [-0.1, -0.05) is 23.7 Å². The zero-order valence-corrected chi connectivity index (χ0v) is 9.87. The van der Waals surface area contributed by atoms with Gasteiger partial charge in [0.05, 0.1) is 12.5 Å². The van der Waals surface area contributed by atoms with Crippen LogP contribution in [0, 0.1) is 11.3 Å². The van der Waals surface area contributed by atoms with E-state index in [-0.39, 0.29) is 6.03 Å². The Hall–Kier alpha value is -1.99. The molecule has 2 amide bonds. The summed E-state index contributed by atoms with van der Waals surface area (Å²) in [5.74, 6) is 0. The highest BCUT2D eigenvalue weighted by Gasteiger charge is 1.94. The van der Waals surface area contributed by atoms with Crippen molar-refractivity contribution in [2.24, 2.45) is 0 Å². The molecule has 0 aliphatic heterocycles. The lowest BCUT2D eigenvalue weighted by molar-refractivity contribution is 0.244. The Labute approximate surface area is 105 Å². The van der Waals surface area contributed by atoms with Crippen molar-refractivity contribution >= 4 is 23.7 Å². The summed E-state index contributed by atoms with van der Waals surface area (Å²) in [5.41, 5.74) is 0.937. The Balaban J connectivity index is 2.32. The number of halogens is 1.